The van der Waals surface area contributed by atoms with E-state index in [1.165, 1.54) is 31.4 Å². The van der Waals surface area contributed by atoms with Crippen molar-refractivity contribution in [3.63, 3.8) is 0 Å². The van der Waals surface area contributed by atoms with Gasteiger partial charge in [0.15, 0.2) is 14.6 Å². The Bertz CT molecular complexity index is 852. The van der Waals surface area contributed by atoms with Crippen LogP contribution in [0.3, 0.4) is 0 Å². The summed E-state index contributed by atoms with van der Waals surface area (Å²) in [5, 5.41) is 3.85. The first kappa shape index (κ1) is 18.9. The summed E-state index contributed by atoms with van der Waals surface area (Å²) < 4.78 is 25.9. The number of nitrogens with one attached hydrogen (secondary N) is 1. The van der Waals surface area contributed by atoms with Crippen LogP contribution in [-0.4, -0.2) is 24.6 Å². The summed E-state index contributed by atoms with van der Waals surface area (Å²) in [6.45, 7) is 0. The Hall–Kier alpha value is -1.07. The third kappa shape index (κ3) is 2.84. The minimum absolute atomic E-state index is 0.170. The van der Waals surface area contributed by atoms with Crippen molar-refractivity contribution >= 4 is 27.3 Å². The molecular formula is C22H28ClNO3S. The van der Waals surface area contributed by atoms with Crippen molar-refractivity contribution in [1.82, 2.24) is 5.32 Å². The topological polar surface area (TPSA) is 63.2 Å². The Balaban J connectivity index is 1.46. The summed E-state index contributed by atoms with van der Waals surface area (Å²) in [5.41, 5.74) is -0.170. The Labute approximate surface area is 172 Å². The molecular weight excluding hydrogens is 394 g/mol. The molecule has 5 saturated carbocycles. The van der Waals surface area contributed by atoms with Crippen molar-refractivity contribution in [2.45, 2.75) is 79.4 Å². The predicted molar refractivity (Wildman–Crippen MR) is 109 cm³/mol. The van der Waals surface area contributed by atoms with Crippen molar-refractivity contribution < 1.29 is 13.2 Å². The molecule has 6 rings (SSSR count). The molecule has 0 unspecified atom stereocenters. The normalized spacial score (nSPS) is 35.8. The third-order valence-corrected chi connectivity index (χ3v) is 10.6. The fourth-order valence-corrected chi connectivity index (χ4v) is 9.21. The zero-order valence-corrected chi connectivity index (χ0v) is 17.7. The van der Waals surface area contributed by atoms with Crippen LogP contribution in [0.5, 0.6) is 0 Å². The summed E-state index contributed by atoms with van der Waals surface area (Å²) in [6, 6.07) is 6.26. The van der Waals surface area contributed by atoms with Crippen LogP contribution in [0.1, 0.15) is 64.2 Å². The lowest BCUT2D eigenvalue weighted by molar-refractivity contribution is -0.129. The number of hydrogen-bond donors (Lipinski definition) is 1. The van der Waals surface area contributed by atoms with Crippen molar-refractivity contribution in [2.75, 3.05) is 0 Å². The molecule has 0 radical (unpaired) electrons. The molecule has 152 valence electrons. The standard InChI is InChI=1S/C22H28ClNO3S/c23-18-3-5-19(6-4-18)28(26,27)22(7-1-2-8-22)20(25)24-21-12-15-9-16(13-21)11-17(10-15)14-21/h3-6,15-17H,1-2,7-14H2,(H,24,25). The molecule has 4 nitrogen and oxygen atoms in total. The van der Waals surface area contributed by atoms with E-state index < -0.39 is 14.6 Å². The van der Waals surface area contributed by atoms with Crippen LogP contribution in [-0.2, 0) is 14.6 Å². The van der Waals surface area contributed by atoms with E-state index in [4.69, 9.17) is 11.6 Å². The van der Waals surface area contributed by atoms with Gasteiger partial charge in [0, 0.05) is 10.6 Å². The van der Waals surface area contributed by atoms with Gasteiger partial charge in [0.1, 0.15) is 0 Å². The number of sulfone groups is 1. The monoisotopic (exact) mass is 421 g/mol. The Morgan fingerprint density at radius 1 is 0.929 bits per heavy atom. The van der Waals surface area contributed by atoms with Gasteiger partial charge in [-0.2, -0.15) is 0 Å². The molecule has 4 bridgehead atoms. The molecule has 5 fully saturated rings. The lowest BCUT2D eigenvalue weighted by Gasteiger charge is -2.57. The third-order valence-electron chi connectivity index (χ3n) is 7.88. The number of halogens is 1. The van der Waals surface area contributed by atoms with E-state index in [-0.39, 0.29) is 16.3 Å². The van der Waals surface area contributed by atoms with E-state index in [9.17, 15) is 13.2 Å². The first-order chi connectivity index (χ1) is 13.3. The van der Waals surface area contributed by atoms with Crippen molar-refractivity contribution in [3.8, 4) is 0 Å². The zero-order chi connectivity index (χ0) is 19.6. The van der Waals surface area contributed by atoms with Crippen LogP contribution in [0.4, 0.5) is 0 Å². The first-order valence-electron chi connectivity index (χ1n) is 10.6. The van der Waals surface area contributed by atoms with Crippen LogP contribution in [0.15, 0.2) is 29.2 Å². The van der Waals surface area contributed by atoms with Crippen molar-refractivity contribution in [2.24, 2.45) is 17.8 Å². The average molecular weight is 422 g/mol. The maximum atomic E-state index is 13.6. The highest BCUT2D eigenvalue weighted by molar-refractivity contribution is 7.93. The predicted octanol–water partition coefficient (Wildman–Crippen LogP) is 4.51. The van der Waals surface area contributed by atoms with Gasteiger partial charge in [0.05, 0.1) is 4.90 Å². The van der Waals surface area contributed by atoms with Gasteiger partial charge < -0.3 is 5.32 Å². The molecule has 0 spiro atoms. The Kier molecular flexibility index (Phi) is 4.37. The van der Waals surface area contributed by atoms with E-state index in [0.717, 1.165) is 32.1 Å². The van der Waals surface area contributed by atoms with Gasteiger partial charge in [0.2, 0.25) is 5.91 Å². The summed E-state index contributed by atoms with van der Waals surface area (Å²) in [6.07, 6.45) is 9.36. The molecule has 0 atom stereocenters. The van der Waals surface area contributed by atoms with Gasteiger partial charge in [-0.25, -0.2) is 8.42 Å². The van der Waals surface area contributed by atoms with E-state index in [1.54, 1.807) is 12.1 Å². The average Bonchev–Trinajstić information content (AvgIpc) is 3.12. The lowest BCUT2D eigenvalue weighted by Crippen LogP contribution is -2.64. The number of carbonyl (C=O) groups excluding carboxylic acids is 1. The molecule has 0 saturated heterocycles. The largest absolute Gasteiger partial charge is 0.349 e. The van der Waals surface area contributed by atoms with Crippen molar-refractivity contribution in [3.05, 3.63) is 29.3 Å². The van der Waals surface area contributed by atoms with Crippen LogP contribution >= 0.6 is 11.6 Å². The van der Waals surface area contributed by atoms with E-state index in [1.807, 2.05) is 0 Å². The fourth-order valence-electron chi connectivity index (χ4n) is 7.02. The Morgan fingerprint density at radius 3 is 1.93 bits per heavy atom. The molecule has 1 amide bonds. The van der Waals surface area contributed by atoms with E-state index in [2.05, 4.69) is 5.32 Å². The smallest absolute Gasteiger partial charge is 0.242 e. The lowest BCUT2D eigenvalue weighted by atomic mass is 9.53. The number of amides is 1. The number of hydrogen-bond acceptors (Lipinski definition) is 3. The first-order valence-corrected chi connectivity index (χ1v) is 12.5. The molecule has 0 aromatic heterocycles. The van der Waals surface area contributed by atoms with E-state index >= 15 is 0 Å². The second-order valence-electron chi connectivity index (χ2n) is 9.81. The maximum absolute atomic E-state index is 13.6. The molecule has 1 aromatic rings. The highest BCUT2D eigenvalue weighted by Crippen LogP contribution is 2.56. The van der Waals surface area contributed by atoms with Gasteiger partial charge in [0.25, 0.3) is 0 Å². The number of benzene rings is 1. The Morgan fingerprint density at radius 2 is 1.43 bits per heavy atom. The summed E-state index contributed by atoms with van der Waals surface area (Å²) in [5.74, 6) is 1.87. The summed E-state index contributed by atoms with van der Waals surface area (Å²) in [7, 11) is -3.77. The molecule has 6 heteroatoms. The van der Waals surface area contributed by atoms with Crippen LogP contribution in [0, 0.1) is 17.8 Å². The highest BCUT2D eigenvalue weighted by atomic mass is 35.5. The molecule has 5 aliphatic rings. The van der Waals surface area contributed by atoms with Crippen LogP contribution in [0.25, 0.3) is 0 Å². The van der Waals surface area contributed by atoms with Gasteiger partial charge in [-0.15, -0.1) is 0 Å². The minimum Gasteiger partial charge on any atom is -0.349 e. The van der Waals surface area contributed by atoms with Crippen LogP contribution in [0.2, 0.25) is 5.02 Å². The highest BCUT2D eigenvalue weighted by Gasteiger charge is 2.57. The second kappa shape index (κ2) is 6.46. The molecule has 0 heterocycles. The summed E-state index contributed by atoms with van der Waals surface area (Å²) in [4.78, 5) is 13.8. The maximum Gasteiger partial charge on any atom is 0.242 e. The zero-order valence-electron chi connectivity index (χ0n) is 16.1. The van der Waals surface area contributed by atoms with Gasteiger partial charge >= 0.3 is 0 Å². The van der Waals surface area contributed by atoms with E-state index in [0.29, 0.717) is 35.6 Å². The second-order valence-corrected chi connectivity index (χ2v) is 12.5. The molecule has 28 heavy (non-hydrogen) atoms. The fraction of sp³-hybridized carbons (Fsp3) is 0.682. The molecule has 5 aliphatic carbocycles. The quantitative estimate of drug-likeness (QED) is 0.777. The minimum atomic E-state index is -3.77. The molecule has 0 aliphatic heterocycles. The van der Waals surface area contributed by atoms with Gasteiger partial charge in [-0.1, -0.05) is 24.4 Å². The van der Waals surface area contributed by atoms with Gasteiger partial charge in [-0.3, -0.25) is 4.79 Å². The SMILES string of the molecule is O=C(NC12CC3CC(CC(C3)C1)C2)C1(S(=O)(=O)c2ccc(Cl)cc2)CCCC1. The van der Waals surface area contributed by atoms with Crippen molar-refractivity contribution in [1.29, 1.82) is 0 Å². The number of rotatable bonds is 4. The van der Waals surface area contributed by atoms with Crippen LogP contribution < -0.4 is 5.32 Å². The molecule has 1 N–H and O–H groups in total. The summed E-state index contributed by atoms with van der Waals surface area (Å²) >= 11 is 5.95. The van der Waals surface area contributed by atoms with Gasteiger partial charge in [-0.05, 0) is 93.4 Å². The molecule has 1 aromatic carbocycles. The number of carbonyl (C=O) groups is 1.